The van der Waals surface area contributed by atoms with Crippen LogP contribution in [0.5, 0.6) is 0 Å². The first-order valence-electron chi connectivity index (χ1n) is 6.33. The van der Waals surface area contributed by atoms with Gasteiger partial charge in [-0.05, 0) is 38.5 Å². The molecule has 1 aliphatic carbocycles. The van der Waals surface area contributed by atoms with Crippen molar-refractivity contribution in [2.24, 2.45) is 11.8 Å². The maximum atomic E-state index is 11.3. The smallest absolute Gasteiger partial charge is 0.309 e. The van der Waals surface area contributed by atoms with Crippen LogP contribution in [-0.2, 0) is 14.4 Å². The van der Waals surface area contributed by atoms with Gasteiger partial charge in [0.05, 0.1) is 5.92 Å². The van der Waals surface area contributed by atoms with Crippen LogP contribution >= 0.6 is 0 Å². The summed E-state index contributed by atoms with van der Waals surface area (Å²) in [6.07, 6.45) is 2.87. The van der Waals surface area contributed by atoms with E-state index in [-0.39, 0.29) is 11.8 Å². The normalized spacial score (nSPS) is 23.2. The molecule has 6 nitrogen and oxygen atoms in total. The standard InChI is InChI=1S/C12H20N2O4/c1-2-13-10(15)11(16)14-7-8-3-5-9(6-4-8)12(17)18/h8-9H,2-7H2,1H3,(H,13,15)(H,14,16)(H,17,18). The highest BCUT2D eigenvalue weighted by Crippen LogP contribution is 2.28. The van der Waals surface area contributed by atoms with E-state index in [2.05, 4.69) is 10.6 Å². The second-order valence-corrected chi connectivity index (χ2v) is 4.63. The zero-order valence-electron chi connectivity index (χ0n) is 10.6. The predicted molar refractivity (Wildman–Crippen MR) is 64.8 cm³/mol. The Morgan fingerprint density at radius 2 is 1.61 bits per heavy atom. The molecule has 0 bridgehead atoms. The third-order valence-corrected chi connectivity index (χ3v) is 3.29. The third-order valence-electron chi connectivity index (χ3n) is 3.29. The molecule has 2 amide bonds. The summed E-state index contributed by atoms with van der Waals surface area (Å²) in [5, 5.41) is 13.9. The molecule has 3 N–H and O–H groups in total. The minimum absolute atomic E-state index is 0.250. The quantitative estimate of drug-likeness (QED) is 0.623. The predicted octanol–water partition coefficient (Wildman–Crippen LogP) is 0.130. The summed E-state index contributed by atoms with van der Waals surface area (Å²) in [4.78, 5) is 33.3. The lowest BCUT2D eigenvalue weighted by Crippen LogP contribution is -2.42. The molecule has 6 heteroatoms. The topological polar surface area (TPSA) is 95.5 Å². The number of amides is 2. The molecule has 0 aliphatic heterocycles. The molecule has 1 saturated carbocycles. The molecule has 0 atom stereocenters. The van der Waals surface area contributed by atoms with Crippen molar-refractivity contribution in [1.82, 2.24) is 10.6 Å². The van der Waals surface area contributed by atoms with E-state index in [1.165, 1.54) is 0 Å². The Hall–Kier alpha value is -1.59. The Labute approximate surface area is 106 Å². The van der Waals surface area contributed by atoms with E-state index in [1.807, 2.05) is 0 Å². The minimum Gasteiger partial charge on any atom is -0.481 e. The van der Waals surface area contributed by atoms with E-state index in [4.69, 9.17) is 5.11 Å². The van der Waals surface area contributed by atoms with E-state index in [0.29, 0.717) is 25.9 Å². The average molecular weight is 256 g/mol. The molecule has 0 aromatic carbocycles. The molecule has 18 heavy (non-hydrogen) atoms. The van der Waals surface area contributed by atoms with Crippen molar-refractivity contribution in [3.8, 4) is 0 Å². The van der Waals surface area contributed by atoms with Gasteiger partial charge >= 0.3 is 17.8 Å². The molecule has 0 aromatic heterocycles. The first kappa shape index (κ1) is 14.5. The Balaban J connectivity index is 2.23. The molecule has 102 valence electrons. The fourth-order valence-corrected chi connectivity index (χ4v) is 2.17. The van der Waals surface area contributed by atoms with Crippen molar-refractivity contribution >= 4 is 17.8 Å². The summed E-state index contributed by atoms with van der Waals surface area (Å²) in [5.74, 6) is -1.94. The van der Waals surface area contributed by atoms with Gasteiger partial charge in [-0.15, -0.1) is 0 Å². The van der Waals surface area contributed by atoms with Crippen molar-refractivity contribution in [1.29, 1.82) is 0 Å². The van der Waals surface area contributed by atoms with Gasteiger partial charge in [0.1, 0.15) is 0 Å². The van der Waals surface area contributed by atoms with Gasteiger partial charge in [-0.3, -0.25) is 14.4 Å². The molecule has 0 saturated heterocycles. The largest absolute Gasteiger partial charge is 0.481 e. The van der Waals surface area contributed by atoms with E-state index < -0.39 is 17.8 Å². The van der Waals surface area contributed by atoms with Gasteiger partial charge in [0.15, 0.2) is 0 Å². The number of nitrogens with one attached hydrogen (secondary N) is 2. The molecule has 0 radical (unpaired) electrons. The molecule has 0 heterocycles. The zero-order chi connectivity index (χ0) is 13.5. The van der Waals surface area contributed by atoms with Gasteiger partial charge in [0.25, 0.3) is 0 Å². The van der Waals surface area contributed by atoms with E-state index in [0.717, 1.165) is 12.8 Å². The van der Waals surface area contributed by atoms with Crippen molar-refractivity contribution in [3.63, 3.8) is 0 Å². The second kappa shape index (κ2) is 6.98. The molecule has 0 unspecified atom stereocenters. The number of hydrogen-bond acceptors (Lipinski definition) is 3. The molecular formula is C12H20N2O4. The Morgan fingerprint density at radius 3 is 2.11 bits per heavy atom. The number of carbonyl (C=O) groups is 3. The van der Waals surface area contributed by atoms with Crippen LogP contribution < -0.4 is 10.6 Å². The molecule has 1 rings (SSSR count). The highest BCUT2D eigenvalue weighted by Gasteiger charge is 2.26. The number of carboxylic acids is 1. The summed E-state index contributed by atoms with van der Waals surface area (Å²) >= 11 is 0. The highest BCUT2D eigenvalue weighted by molar-refractivity contribution is 6.35. The number of likely N-dealkylation sites (N-methyl/N-ethyl adjacent to an activating group) is 1. The van der Waals surface area contributed by atoms with Crippen molar-refractivity contribution in [2.75, 3.05) is 13.1 Å². The number of rotatable bonds is 4. The summed E-state index contributed by atoms with van der Waals surface area (Å²) in [6, 6.07) is 0. The van der Waals surface area contributed by atoms with Crippen LogP contribution in [0.15, 0.2) is 0 Å². The lowest BCUT2D eigenvalue weighted by molar-refractivity contribution is -0.143. The molecule has 0 spiro atoms. The van der Waals surface area contributed by atoms with E-state index in [9.17, 15) is 14.4 Å². The summed E-state index contributed by atoms with van der Waals surface area (Å²) in [7, 11) is 0. The molecule has 1 aliphatic rings. The Bertz CT molecular complexity index is 322. The van der Waals surface area contributed by atoms with Gasteiger partial charge in [0.2, 0.25) is 0 Å². The van der Waals surface area contributed by atoms with Gasteiger partial charge in [-0.25, -0.2) is 0 Å². The molecule has 0 aromatic rings. The van der Waals surface area contributed by atoms with Crippen LogP contribution in [0, 0.1) is 11.8 Å². The third kappa shape index (κ3) is 4.35. The Morgan fingerprint density at radius 1 is 1.06 bits per heavy atom. The first-order chi connectivity index (χ1) is 8.54. The van der Waals surface area contributed by atoms with Gasteiger partial charge in [-0.2, -0.15) is 0 Å². The fraction of sp³-hybridized carbons (Fsp3) is 0.750. The van der Waals surface area contributed by atoms with Crippen molar-refractivity contribution in [2.45, 2.75) is 32.6 Å². The SMILES string of the molecule is CCNC(=O)C(=O)NCC1CCC(C(=O)O)CC1. The highest BCUT2D eigenvalue weighted by atomic mass is 16.4. The van der Waals surface area contributed by atoms with E-state index >= 15 is 0 Å². The zero-order valence-corrected chi connectivity index (χ0v) is 10.6. The van der Waals surface area contributed by atoms with E-state index in [1.54, 1.807) is 6.92 Å². The van der Waals surface area contributed by atoms with Gasteiger partial charge in [-0.1, -0.05) is 0 Å². The Kier molecular flexibility index (Phi) is 5.61. The van der Waals surface area contributed by atoms with Crippen LogP contribution in [0.4, 0.5) is 0 Å². The summed E-state index contributed by atoms with van der Waals surface area (Å²) in [5.41, 5.74) is 0. The maximum absolute atomic E-state index is 11.3. The van der Waals surface area contributed by atoms with Crippen molar-refractivity contribution < 1.29 is 19.5 Å². The number of carboxylic acid groups (broad SMARTS) is 1. The lowest BCUT2D eigenvalue weighted by Gasteiger charge is -2.25. The number of carbonyl (C=O) groups excluding carboxylic acids is 2. The minimum atomic E-state index is -0.736. The maximum Gasteiger partial charge on any atom is 0.309 e. The van der Waals surface area contributed by atoms with Crippen LogP contribution in [0.2, 0.25) is 0 Å². The monoisotopic (exact) mass is 256 g/mol. The average Bonchev–Trinajstić information content (AvgIpc) is 2.36. The fourth-order valence-electron chi connectivity index (χ4n) is 2.17. The molecular weight excluding hydrogens is 236 g/mol. The van der Waals surface area contributed by atoms with Crippen molar-refractivity contribution in [3.05, 3.63) is 0 Å². The van der Waals surface area contributed by atoms with Crippen LogP contribution in [0.1, 0.15) is 32.6 Å². The van der Waals surface area contributed by atoms with Crippen LogP contribution in [0.25, 0.3) is 0 Å². The van der Waals surface area contributed by atoms with Gasteiger partial charge in [0, 0.05) is 13.1 Å². The second-order valence-electron chi connectivity index (χ2n) is 4.63. The van der Waals surface area contributed by atoms with Crippen LogP contribution in [0.3, 0.4) is 0 Å². The lowest BCUT2D eigenvalue weighted by atomic mass is 9.82. The first-order valence-corrected chi connectivity index (χ1v) is 6.33. The molecule has 1 fully saturated rings. The summed E-state index contributed by atoms with van der Waals surface area (Å²) < 4.78 is 0. The number of hydrogen-bond donors (Lipinski definition) is 3. The number of aliphatic carboxylic acids is 1. The summed E-state index contributed by atoms with van der Waals surface area (Å²) in [6.45, 7) is 2.62. The van der Waals surface area contributed by atoms with Crippen LogP contribution in [-0.4, -0.2) is 36.0 Å². The van der Waals surface area contributed by atoms with Gasteiger partial charge < -0.3 is 15.7 Å².